The van der Waals surface area contributed by atoms with Gasteiger partial charge in [0.15, 0.2) is 5.60 Å². The van der Waals surface area contributed by atoms with Crippen molar-refractivity contribution >= 4 is 12.1 Å². The van der Waals surface area contributed by atoms with Gasteiger partial charge in [-0.1, -0.05) is 67.6 Å². The lowest BCUT2D eigenvalue weighted by molar-refractivity contribution is -0.136. The fraction of sp³-hybridized carbons (Fsp3) is 0.167. The number of carbonyl (C=O) groups excluding carboxylic acids is 1. The third kappa shape index (κ3) is 4.89. The number of nitrogens with one attached hydrogen (secondary N) is 1. The normalized spacial score (nSPS) is 11.4. The minimum absolute atomic E-state index is 0.469. The number of nitrogens with zero attached hydrogens (tertiary/aromatic N) is 1. The number of carbonyl (C=O) groups is 1. The molecule has 0 aromatic heterocycles. The van der Waals surface area contributed by atoms with Gasteiger partial charge in [-0.05, 0) is 47.4 Å². The molecule has 0 saturated carbocycles. The van der Waals surface area contributed by atoms with Crippen LogP contribution in [0.25, 0.3) is 0 Å². The van der Waals surface area contributed by atoms with Crippen molar-refractivity contribution in [2.45, 2.75) is 18.9 Å². The van der Waals surface area contributed by atoms with Gasteiger partial charge < -0.3 is 9.84 Å². The summed E-state index contributed by atoms with van der Waals surface area (Å²) in [7, 11) is 0. The standard InChI is InChI=1S/C24H24N2O3/c1-2-17-29-22-15-13-19(14-16-22)18-25-26-23(27)24(28,20-9-5-3-6-10-20)21-11-7-4-8-12-21/h3-16,18,28H,2,17H2,1H3,(H,26,27). The summed E-state index contributed by atoms with van der Waals surface area (Å²) >= 11 is 0. The minimum atomic E-state index is -1.85. The van der Waals surface area contributed by atoms with Crippen LogP contribution in [0.2, 0.25) is 0 Å². The van der Waals surface area contributed by atoms with E-state index in [0.29, 0.717) is 17.7 Å². The minimum Gasteiger partial charge on any atom is -0.494 e. The molecule has 3 aromatic rings. The van der Waals surface area contributed by atoms with Gasteiger partial charge >= 0.3 is 0 Å². The summed E-state index contributed by atoms with van der Waals surface area (Å²) in [6, 6.07) is 25.0. The second-order valence-electron chi connectivity index (χ2n) is 6.56. The van der Waals surface area contributed by atoms with Crippen molar-refractivity contribution in [1.82, 2.24) is 5.43 Å². The van der Waals surface area contributed by atoms with Crippen molar-refractivity contribution in [3.8, 4) is 5.75 Å². The smallest absolute Gasteiger partial charge is 0.281 e. The van der Waals surface area contributed by atoms with E-state index in [4.69, 9.17) is 4.74 Å². The maximum Gasteiger partial charge on any atom is 0.281 e. The molecule has 5 nitrogen and oxygen atoms in total. The van der Waals surface area contributed by atoms with E-state index in [0.717, 1.165) is 17.7 Å². The van der Waals surface area contributed by atoms with E-state index in [-0.39, 0.29) is 0 Å². The van der Waals surface area contributed by atoms with Gasteiger partial charge in [-0.15, -0.1) is 0 Å². The van der Waals surface area contributed by atoms with Crippen LogP contribution in [-0.4, -0.2) is 23.8 Å². The second-order valence-corrected chi connectivity index (χ2v) is 6.56. The molecule has 3 aromatic carbocycles. The highest BCUT2D eigenvalue weighted by Crippen LogP contribution is 2.29. The molecule has 0 aliphatic carbocycles. The molecule has 0 aliphatic rings. The fourth-order valence-corrected chi connectivity index (χ4v) is 2.90. The Balaban J connectivity index is 1.76. The van der Waals surface area contributed by atoms with Gasteiger partial charge in [0.05, 0.1) is 12.8 Å². The first kappa shape index (κ1) is 20.3. The molecule has 2 N–H and O–H groups in total. The van der Waals surface area contributed by atoms with Crippen LogP contribution in [-0.2, 0) is 10.4 Å². The SMILES string of the molecule is CCCOc1ccc(C=NNC(=O)C(O)(c2ccccc2)c2ccccc2)cc1. The molecule has 5 heteroatoms. The first-order valence-corrected chi connectivity index (χ1v) is 9.54. The number of ether oxygens (including phenoxy) is 1. The predicted octanol–water partition coefficient (Wildman–Crippen LogP) is 3.86. The van der Waals surface area contributed by atoms with Crippen molar-refractivity contribution in [3.05, 3.63) is 102 Å². The number of amides is 1. The number of aliphatic hydroxyl groups is 1. The van der Waals surface area contributed by atoms with Gasteiger partial charge in [0, 0.05) is 0 Å². The maximum atomic E-state index is 12.9. The molecule has 0 spiro atoms. The average Bonchev–Trinajstić information content (AvgIpc) is 2.79. The zero-order valence-electron chi connectivity index (χ0n) is 16.3. The quantitative estimate of drug-likeness (QED) is 0.455. The summed E-state index contributed by atoms with van der Waals surface area (Å²) in [4.78, 5) is 12.9. The number of benzene rings is 3. The van der Waals surface area contributed by atoms with Gasteiger partial charge in [0.1, 0.15) is 5.75 Å². The molecule has 148 valence electrons. The van der Waals surface area contributed by atoms with Crippen LogP contribution in [0.4, 0.5) is 0 Å². The number of hydrazone groups is 1. The molecule has 0 radical (unpaired) electrons. The van der Waals surface area contributed by atoms with Crippen LogP contribution < -0.4 is 10.2 Å². The Kier molecular flexibility index (Phi) is 6.76. The van der Waals surface area contributed by atoms with Crippen LogP contribution in [0.5, 0.6) is 5.75 Å². The molecule has 0 unspecified atom stereocenters. The molecule has 0 aliphatic heterocycles. The van der Waals surface area contributed by atoms with E-state index in [1.807, 2.05) is 36.4 Å². The first-order chi connectivity index (χ1) is 14.1. The monoisotopic (exact) mass is 388 g/mol. The van der Waals surface area contributed by atoms with Crippen LogP contribution in [0.15, 0.2) is 90.0 Å². The van der Waals surface area contributed by atoms with Gasteiger partial charge in [-0.2, -0.15) is 5.10 Å². The van der Waals surface area contributed by atoms with E-state index in [2.05, 4.69) is 17.5 Å². The Morgan fingerprint density at radius 3 is 2.03 bits per heavy atom. The zero-order chi connectivity index (χ0) is 20.5. The molecule has 29 heavy (non-hydrogen) atoms. The summed E-state index contributed by atoms with van der Waals surface area (Å²) in [5, 5.41) is 15.4. The van der Waals surface area contributed by atoms with E-state index < -0.39 is 11.5 Å². The van der Waals surface area contributed by atoms with Gasteiger partial charge in [0.2, 0.25) is 0 Å². The van der Waals surface area contributed by atoms with Crippen molar-refractivity contribution < 1.29 is 14.6 Å². The summed E-state index contributed by atoms with van der Waals surface area (Å²) in [6.45, 7) is 2.72. The zero-order valence-corrected chi connectivity index (χ0v) is 16.3. The van der Waals surface area contributed by atoms with E-state index in [9.17, 15) is 9.90 Å². The summed E-state index contributed by atoms with van der Waals surface area (Å²) in [5.74, 6) is 0.157. The molecule has 0 bridgehead atoms. The lowest BCUT2D eigenvalue weighted by atomic mass is 9.85. The lowest BCUT2D eigenvalue weighted by Crippen LogP contribution is -2.43. The predicted molar refractivity (Wildman–Crippen MR) is 114 cm³/mol. The second kappa shape index (κ2) is 9.66. The third-order valence-electron chi connectivity index (χ3n) is 4.44. The topological polar surface area (TPSA) is 70.9 Å². The Labute approximate surface area is 170 Å². The van der Waals surface area contributed by atoms with E-state index in [1.165, 1.54) is 6.21 Å². The highest BCUT2D eigenvalue weighted by Gasteiger charge is 2.39. The van der Waals surface area contributed by atoms with Crippen molar-refractivity contribution in [3.63, 3.8) is 0 Å². The largest absolute Gasteiger partial charge is 0.494 e. The highest BCUT2D eigenvalue weighted by atomic mass is 16.5. The lowest BCUT2D eigenvalue weighted by Gasteiger charge is -2.27. The molecule has 1 amide bonds. The Morgan fingerprint density at radius 1 is 0.966 bits per heavy atom. The maximum absolute atomic E-state index is 12.9. The highest BCUT2D eigenvalue weighted by molar-refractivity contribution is 5.91. The van der Waals surface area contributed by atoms with Gasteiger partial charge in [-0.25, -0.2) is 5.43 Å². The molecule has 0 fully saturated rings. The van der Waals surface area contributed by atoms with E-state index in [1.54, 1.807) is 48.5 Å². The third-order valence-corrected chi connectivity index (χ3v) is 4.44. The average molecular weight is 388 g/mol. The van der Waals surface area contributed by atoms with Crippen LogP contribution in [0.1, 0.15) is 30.0 Å². The van der Waals surface area contributed by atoms with Crippen LogP contribution in [0, 0.1) is 0 Å². The Morgan fingerprint density at radius 2 is 1.52 bits per heavy atom. The van der Waals surface area contributed by atoms with Gasteiger partial charge in [-0.3, -0.25) is 4.79 Å². The Bertz CT molecular complexity index is 899. The van der Waals surface area contributed by atoms with Crippen molar-refractivity contribution in [1.29, 1.82) is 0 Å². The molecular weight excluding hydrogens is 364 g/mol. The number of rotatable bonds is 8. The van der Waals surface area contributed by atoms with Crippen LogP contribution in [0.3, 0.4) is 0 Å². The van der Waals surface area contributed by atoms with E-state index >= 15 is 0 Å². The number of hydrogen-bond donors (Lipinski definition) is 2. The molecule has 0 saturated heterocycles. The summed E-state index contributed by atoms with van der Waals surface area (Å²) in [5.41, 5.74) is 2.36. The molecular formula is C24H24N2O3. The molecule has 3 rings (SSSR count). The summed E-state index contributed by atoms with van der Waals surface area (Å²) in [6.07, 6.45) is 2.47. The van der Waals surface area contributed by atoms with Crippen molar-refractivity contribution in [2.75, 3.05) is 6.61 Å². The number of hydrogen-bond acceptors (Lipinski definition) is 4. The summed E-state index contributed by atoms with van der Waals surface area (Å²) < 4.78 is 5.55. The van der Waals surface area contributed by atoms with Crippen LogP contribution >= 0.6 is 0 Å². The fourth-order valence-electron chi connectivity index (χ4n) is 2.90. The molecule has 0 heterocycles. The van der Waals surface area contributed by atoms with Gasteiger partial charge in [0.25, 0.3) is 5.91 Å². The Hall–Kier alpha value is -3.44. The van der Waals surface area contributed by atoms with Crippen molar-refractivity contribution in [2.24, 2.45) is 5.10 Å². The first-order valence-electron chi connectivity index (χ1n) is 9.54. The molecule has 0 atom stereocenters.